The predicted octanol–water partition coefficient (Wildman–Crippen LogP) is 3.96. The summed E-state index contributed by atoms with van der Waals surface area (Å²) < 4.78 is 5.74. The van der Waals surface area contributed by atoms with E-state index in [1.807, 2.05) is 61.2 Å². The summed E-state index contributed by atoms with van der Waals surface area (Å²) >= 11 is 0. The number of hydrogen-bond acceptors (Lipinski definition) is 3. The molecule has 0 unspecified atom stereocenters. The van der Waals surface area contributed by atoms with Crippen LogP contribution in [0.15, 0.2) is 42.5 Å². The molecule has 2 aromatic carbocycles. The molecule has 2 aromatic rings. The highest BCUT2D eigenvalue weighted by Crippen LogP contribution is 2.23. The number of piperazine rings is 1. The number of nitrogens with zero attached hydrogens (tertiary/aromatic N) is 2. The fourth-order valence-corrected chi connectivity index (χ4v) is 3.57. The van der Waals surface area contributed by atoms with Gasteiger partial charge in [-0.1, -0.05) is 45.0 Å². The van der Waals surface area contributed by atoms with Crippen molar-refractivity contribution in [1.29, 1.82) is 0 Å². The zero-order valence-corrected chi connectivity index (χ0v) is 18.7. The summed E-state index contributed by atoms with van der Waals surface area (Å²) in [5, 5.41) is 0. The molecule has 1 heterocycles. The van der Waals surface area contributed by atoms with Gasteiger partial charge in [0.05, 0.1) is 0 Å². The van der Waals surface area contributed by atoms with Crippen molar-refractivity contribution in [2.75, 3.05) is 32.8 Å². The lowest BCUT2D eigenvalue weighted by molar-refractivity contribution is -0.134. The van der Waals surface area contributed by atoms with Gasteiger partial charge in [0.2, 0.25) is 0 Å². The molecule has 2 amide bonds. The van der Waals surface area contributed by atoms with Gasteiger partial charge < -0.3 is 14.5 Å². The molecular formula is C25H32N2O3. The number of amides is 2. The number of rotatable bonds is 4. The van der Waals surface area contributed by atoms with E-state index in [4.69, 9.17) is 4.74 Å². The van der Waals surface area contributed by atoms with E-state index in [2.05, 4.69) is 20.8 Å². The molecule has 0 spiro atoms. The van der Waals surface area contributed by atoms with Crippen LogP contribution in [0.1, 0.15) is 47.8 Å². The Kier molecular flexibility index (Phi) is 6.49. The van der Waals surface area contributed by atoms with Gasteiger partial charge in [-0.2, -0.15) is 0 Å². The molecule has 1 saturated heterocycles. The number of carbonyl (C=O) groups is 2. The number of hydrogen-bond donors (Lipinski definition) is 0. The zero-order valence-electron chi connectivity index (χ0n) is 18.7. The lowest BCUT2D eigenvalue weighted by Crippen LogP contribution is -2.51. The standard InChI is InChI=1S/C25H32N2O3/c1-18-7-6-8-22(19(18)2)30-17-23(28)26-13-15-27(16-14-26)24(29)20-9-11-21(12-10-20)25(3,4)5/h6-12H,13-17H2,1-5H3. The van der Waals surface area contributed by atoms with Gasteiger partial charge in [0.1, 0.15) is 5.75 Å². The largest absolute Gasteiger partial charge is 0.483 e. The lowest BCUT2D eigenvalue weighted by Gasteiger charge is -2.35. The van der Waals surface area contributed by atoms with Crippen LogP contribution in [0.25, 0.3) is 0 Å². The molecule has 1 aliphatic heterocycles. The minimum Gasteiger partial charge on any atom is -0.483 e. The second-order valence-electron chi connectivity index (χ2n) is 8.99. The highest BCUT2D eigenvalue weighted by molar-refractivity contribution is 5.94. The van der Waals surface area contributed by atoms with Crippen LogP contribution in [-0.2, 0) is 10.2 Å². The Morgan fingerprint density at radius 2 is 1.50 bits per heavy atom. The van der Waals surface area contributed by atoms with Gasteiger partial charge in [0.15, 0.2) is 6.61 Å². The third-order valence-corrected chi connectivity index (χ3v) is 5.82. The van der Waals surface area contributed by atoms with Crippen molar-refractivity contribution < 1.29 is 14.3 Å². The molecule has 0 saturated carbocycles. The van der Waals surface area contributed by atoms with Crippen molar-refractivity contribution in [3.05, 3.63) is 64.7 Å². The SMILES string of the molecule is Cc1cccc(OCC(=O)N2CCN(C(=O)c3ccc(C(C)(C)C)cc3)CC2)c1C. The van der Waals surface area contributed by atoms with Crippen LogP contribution in [0.5, 0.6) is 5.75 Å². The van der Waals surface area contributed by atoms with E-state index in [1.165, 1.54) is 5.56 Å². The van der Waals surface area contributed by atoms with E-state index < -0.39 is 0 Å². The molecule has 0 N–H and O–H groups in total. The van der Waals surface area contributed by atoms with E-state index >= 15 is 0 Å². The smallest absolute Gasteiger partial charge is 0.260 e. The molecule has 3 rings (SSSR count). The van der Waals surface area contributed by atoms with Gasteiger partial charge in [0, 0.05) is 31.7 Å². The summed E-state index contributed by atoms with van der Waals surface area (Å²) in [5.74, 6) is 0.725. The van der Waals surface area contributed by atoms with Crippen molar-refractivity contribution in [3.63, 3.8) is 0 Å². The maximum atomic E-state index is 12.8. The third-order valence-electron chi connectivity index (χ3n) is 5.82. The molecular weight excluding hydrogens is 376 g/mol. The average molecular weight is 409 g/mol. The highest BCUT2D eigenvalue weighted by Gasteiger charge is 2.25. The fourth-order valence-electron chi connectivity index (χ4n) is 3.57. The Balaban J connectivity index is 1.52. The molecule has 160 valence electrons. The van der Waals surface area contributed by atoms with Crippen LogP contribution >= 0.6 is 0 Å². The molecule has 1 fully saturated rings. The van der Waals surface area contributed by atoms with Crippen molar-refractivity contribution in [2.24, 2.45) is 0 Å². The van der Waals surface area contributed by atoms with E-state index in [1.54, 1.807) is 4.90 Å². The van der Waals surface area contributed by atoms with Gasteiger partial charge in [-0.3, -0.25) is 9.59 Å². The second kappa shape index (κ2) is 8.90. The van der Waals surface area contributed by atoms with Gasteiger partial charge in [-0.15, -0.1) is 0 Å². The van der Waals surface area contributed by atoms with Crippen molar-refractivity contribution in [2.45, 2.75) is 40.0 Å². The van der Waals surface area contributed by atoms with Crippen LogP contribution in [0.2, 0.25) is 0 Å². The maximum absolute atomic E-state index is 12.8. The summed E-state index contributed by atoms with van der Waals surface area (Å²) in [7, 11) is 0. The highest BCUT2D eigenvalue weighted by atomic mass is 16.5. The normalized spacial score (nSPS) is 14.6. The molecule has 1 aliphatic rings. The minimum absolute atomic E-state index is 0.0203. The first-order chi connectivity index (χ1) is 14.2. The maximum Gasteiger partial charge on any atom is 0.260 e. The molecule has 0 bridgehead atoms. The zero-order chi connectivity index (χ0) is 21.9. The van der Waals surface area contributed by atoms with Gasteiger partial charge in [-0.05, 0) is 54.2 Å². The first-order valence-electron chi connectivity index (χ1n) is 10.5. The second-order valence-corrected chi connectivity index (χ2v) is 8.99. The monoisotopic (exact) mass is 408 g/mol. The van der Waals surface area contributed by atoms with Crippen LogP contribution in [0.3, 0.4) is 0 Å². The Bertz CT molecular complexity index is 905. The molecule has 0 atom stereocenters. The summed E-state index contributed by atoms with van der Waals surface area (Å²) in [4.78, 5) is 29.0. The van der Waals surface area contributed by atoms with Crippen molar-refractivity contribution >= 4 is 11.8 Å². The molecule has 0 radical (unpaired) electrons. The van der Waals surface area contributed by atoms with Crippen LogP contribution in [-0.4, -0.2) is 54.4 Å². The number of benzene rings is 2. The topological polar surface area (TPSA) is 49.9 Å². The Labute approximate surface area is 179 Å². The minimum atomic E-state index is -0.0439. The van der Waals surface area contributed by atoms with Crippen LogP contribution in [0.4, 0.5) is 0 Å². The average Bonchev–Trinajstić information content (AvgIpc) is 2.73. The number of aryl methyl sites for hydroxylation is 1. The molecule has 30 heavy (non-hydrogen) atoms. The van der Waals surface area contributed by atoms with E-state index in [-0.39, 0.29) is 23.8 Å². The first kappa shape index (κ1) is 21.9. The van der Waals surface area contributed by atoms with Gasteiger partial charge >= 0.3 is 0 Å². The summed E-state index contributed by atoms with van der Waals surface area (Å²) in [6, 6.07) is 13.7. The summed E-state index contributed by atoms with van der Waals surface area (Å²) in [6.45, 7) is 12.6. The van der Waals surface area contributed by atoms with E-state index in [0.717, 1.165) is 16.9 Å². The van der Waals surface area contributed by atoms with Gasteiger partial charge in [-0.25, -0.2) is 0 Å². The van der Waals surface area contributed by atoms with Crippen molar-refractivity contribution in [1.82, 2.24) is 9.80 Å². The molecule has 0 aromatic heterocycles. The number of carbonyl (C=O) groups excluding carboxylic acids is 2. The van der Waals surface area contributed by atoms with E-state index in [0.29, 0.717) is 31.7 Å². The van der Waals surface area contributed by atoms with Gasteiger partial charge in [0.25, 0.3) is 11.8 Å². The summed E-state index contributed by atoms with van der Waals surface area (Å²) in [6.07, 6.45) is 0. The Hall–Kier alpha value is -2.82. The molecule has 5 heteroatoms. The number of ether oxygens (including phenoxy) is 1. The molecule has 5 nitrogen and oxygen atoms in total. The molecule has 0 aliphatic carbocycles. The van der Waals surface area contributed by atoms with Crippen molar-refractivity contribution in [3.8, 4) is 5.75 Å². The van der Waals surface area contributed by atoms with E-state index in [9.17, 15) is 9.59 Å². The van der Waals surface area contributed by atoms with Crippen LogP contribution in [0, 0.1) is 13.8 Å². The first-order valence-corrected chi connectivity index (χ1v) is 10.5. The quantitative estimate of drug-likeness (QED) is 0.769. The third kappa shape index (κ3) is 5.02. The predicted molar refractivity (Wildman–Crippen MR) is 119 cm³/mol. The fraction of sp³-hybridized carbons (Fsp3) is 0.440. The lowest BCUT2D eigenvalue weighted by atomic mass is 9.86. The Morgan fingerprint density at radius 1 is 0.900 bits per heavy atom. The summed E-state index contributed by atoms with van der Waals surface area (Å²) in [5.41, 5.74) is 4.16. The van der Waals surface area contributed by atoms with Crippen LogP contribution < -0.4 is 4.74 Å². The Morgan fingerprint density at radius 3 is 2.10 bits per heavy atom.